The molecule has 1 aromatic carbocycles. The Balaban J connectivity index is 1.69. The van der Waals surface area contributed by atoms with Crippen molar-refractivity contribution in [2.75, 3.05) is 26.2 Å². The van der Waals surface area contributed by atoms with Crippen LogP contribution < -0.4 is 5.32 Å². The quantitative estimate of drug-likeness (QED) is 0.878. The van der Waals surface area contributed by atoms with Crippen molar-refractivity contribution in [2.45, 2.75) is 32.7 Å². The van der Waals surface area contributed by atoms with Crippen molar-refractivity contribution in [2.24, 2.45) is 5.92 Å². The Morgan fingerprint density at radius 2 is 2.05 bits per heavy atom. The van der Waals surface area contributed by atoms with E-state index >= 15 is 0 Å². The largest absolute Gasteiger partial charge is 0.464 e. The van der Waals surface area contributed by atoms with Crippen LogP contribution in [0.25, 0.3) is 11.0 Å². The number of fused-ring (bicyclic) bond motifs is 1. The van der Waals surface area contributed by atoms with Crippen LogP contribution in [0.1, 0.15) is 31.7 Å². The molecule has 0 spiro atoms. The molecule has 0 aliphatic carbocycles. The second kappa shape index (κ2) is 7.10. The molecule has 0 amide bonds. The Hall–Kier alpha value is -1.32. The molecule has 0 unspecified atom stereocenters. The van der Waals surface area contributed by atoms with Gasteiger partial charge in [0.15, 0.2) is 0 Å². The maximum absolute atomic E-state index is 5.68. The van der Waals surface area contributed by atoms with Crippen molar-refractivity contribution in [1.82, 2.24) is 10.2 Å². The molecular formula is C18H26N2O. The molecule has 21 heavy (non-hydrogen) atoms. The third-order valence-corrected chi connectivity index (χ3v) is 4.47. The second-order valence-corrected chi connectivity index (χ2v) is 6.19. The number of piperidine rings is 1. The summed E-state index contributed by atoms with van der Waals surface area (Å²) in [5.74, 6) is 0.843. The van der Waals surface area contributed by atoms with E-state index in [2.05, 4.69) is 35.3 Å². The summed E-state index contributed by atoms with van der Waals surface area (Å²) in [6.45, 7) is 8.02. The minimum absolute atomic E-state index is 0.843. The van der Waals surface area contributed by atoms with E-state index in [9.17, 15) is 0 Å². The number of para-hydroxylation sites is 1. The van der Waals surface area contributed by atoms with Crippen LogP contribution in [0.4, 0.5) is 0 Å². The molecule has 0 radical (unpaired) electrons. The normalized spacial score (nSPS) is 16.9. The van der Waals surface area contributed by atoms with Crippen LogP contribution in [0.5, 0.6) is 0 Å². The highest BCUT2D eigenvalue weighted by atomic mass is 16.3. The molecule has 0 saturated carbocycles. The number of benzene rings is 1. The molecule has 1 aliphatic heterocycles. The average Bonchev–Trinajstić information content (AvgIpc) is 2.92. The van der Waals surface area contributed by atoms with E-state index in [0.29, 0.717) is 0 Å². The smallest absolute Gasteiger partial charge is 0.134 e. The summed E-state index contributed by atoms with van der Waals surface area (Å²) in [6.07, 6.45) is 5.77. The number of nitrogens with one attached hydrogen (secondary N) is 1. The Morgan fingerprint density at radius 1 is 1.24 bits per heavy atom. The zero-order chi connectivity index (χ0) is 14.5. The van der Waals surface area contributed by atoms with Gasteiger partial charge in [-0.3, -0.25) is 4.90 Å². The van der Waals surface area contributed by atoms with E-state index < -0.39 is 0 Å². The maximum atomic E-state index is 5.68. The summed E-state index contributed by atoms with van der Waals surface area (Å²) in [7, 11) is 0. The third-order valence-electron chi connectivity index (χ3n) is 4.47. The van der Waals surface area contributed by atoms with Gasteiger partial charge in [-0.25, -0.2) is 0 Å². The third kappa shape index (κ3) is 3.66. The Labute approximate surface area is 127 Å². The first-order chi connectivity index (χ1) is 10.4. The lowest BCUT2D eigenvalue weighted by Crippen LogP contribution is -2.36. The lowest BCUT2D eigenvalue weighted by Gasteiger charge is -2.29. The van der Waals surface area contributed by atoms with Gasteiger partial charge in [0.2, 0.25) is 0 Å². The van der Waals surface area contributed by atoms with E-state index in [4.69, 9.17) is 4.42 Å². The van der Waals surface area contributed by atoms with Crippen molar-refractivity contribution in [3.05, 3.63) is 36.1 Å². The highest BCUT2D eigenvalue weighted by Gasteiger charge is 2.18. The van der Waals surface area contributed by atoms with Crippen molar-refractivity contribution in [3.8, 4) is 0 Å². The number of hydrogen-bond acceptors (Lipinski definition) is 3. The lowest BCUT2D eigenvalue weighted by molar-refractivity contribution is 0.199. The highest BCUT2D eigenvalue weighted by Crippen LogP contribution is 2.23. The van der Waals surface area contributed by atoms with Gasteiger partial charge in [-0.05, 0) is 50.9 Å². The van der Waals surface area contributed by atoms with E-state index in [1.54, 1.807) is 0 Å². The Bertz CT molecular complexity index is 557. The summed E-state index contributed by atoms with van der Waals surface area (Å²) < 4.78 is 5.68. The van der Waals surface area contributed by atoms with E-state index in [1.807, 2.05) is 12.3 Å². The summed E-state index contributed by atoms with van der Waals surface area (Å²) in [5, 5.41) is 4.72. The van der Waals surface area contributed by atoms with E-state index in [0.717, 1.165) is 18.0 Å². The van der Waals surface area contributed by atoms with Crippen LogP contribution in [0.15, 0.2) is 34.9 Å². The predicted molar refractivity (Wildman–Crippen MR) is 87.4 cm³/mol. The molecule has 3 rings (SSSR count). The van der Waals surface area contributed by atoms with Crippen molar-refractivity contribution >= 4 is 11.0 Å². The van der Waals surface area contributed by atoms with Crippen LogP contribution in [-0.4, -0.2) is 31.1 Å². The van der Waals surface area contributed by atoms with Gasteiger partial charge in [0.05, 0.1) is 6.26 Å². The van der Waals surface area contributed by atoms with Gasteiger partial charge in [-0.1, -0.05) is 25.1 Å². The zero-order valence-electron chi connectivity index (χ0n) is 13.0. The van der Waals surface area contributed by atoms with Crippen LogP contribution >= 0.6 is 0 Å². The van der Waals surface area contributed by atoms with Gasteiger partial charge >= 0.3 is 0 Å². The second-order valence-electron chi connectivity index (χ2n) is 6.19. The molecule has 3 heteroatoms. The number of hydrogen-bond donors (Lipinski definition) is 1. The number of rotatable bonds is 6. The summed E-state index contributed by atoms with van der Waals surface area (Å²) in [6, 6.07) is 8.35. The first kappa shape index (κ1) is 14.6. The minimum Gasteiger partial charge on any atom is -0.464 e. The SMILES string of the molecule is CCCN(Cc1coc2ccccc12)CC1CCNCC1. The van der Waals surface area contributed by atoms with Gasteiger partial charge in [0.25, 0.3) is 0 Å². The Kier molecular flexibility index (Phi) is 4.94. The van der Waals surface area contributed by atoms with Crippen molar-refractivity contribution in [3.63, 3.8) is 0 Å². The van der Waals surface area contributed by atoms with Gasteiger partial charge in [-0.2, -0.15) is 0 Å². The number of nitrogens with zero attached hydrogens (tertiary/aromatic N) is 1. The molecule has 1 N–H and O–H groups in total. The standard InChI is InChI=1S/C18H26N2O/c1-2-11-20(12-15-7-9-19-10-8-15)13-16-14-21-18-6-4-3-5-17(16)18/h3-6,14-15,19H,2,7-13H2,1H3. The predicted octanol–water partition coefficient (Wildman–Crippen LogP) is 3.64. The van der Waals surface area contributed by atoms with Crippen LogP contribution in [0.2, 0.25) is 0 Å². The number of furan rings is 1. The minimum atomic E-state index is 0.843. The fourth-order valence-electron chi connectivity index (χ4n) is 3.38. The molecule has 1 saturated heterocycles. The van der Waals surface area contributed by atoms with Crippen LogP contribution in [0, 0.1) is 5.92 Å². The fraction of sp³-hybridized carbons (Fsp3) is 0.556. The molecular weight excluding hydrogens is 260 g/mol. The van der Waals surface area contributed by atoms with Crippen LogP contribution in [0.3, 0.4) is 0 Å². The maximum Gasteiger partial charge on any atom is 0.134 e. The van der Waals surface area contributed by atoms with Gasteiger partial charge < -0.3 is 9.73 Å². The molecule has 0 atom stereocenters. The molecule has 114 valence electrons. The molecule has 2 aromatic rings. The lowest BCUT2D eigenvalue weighted by atomic mass is 9.97. The first-order valence-corrected chi connectivity index (χ1v) is 8.25. The first-order valence-electron chi connectivity index (χ1n) is 8.25. The zero-order valence-corrected chi connectivity index (χ0v) is 13.0. The van der Waals surface area contributed by atoms with Gasteiger partial charge in [0.1, 0.15) is 5.58 Å². The molecule has 2 heterocycles. The van der Waals surface area contributed by atoms with Crippen molar-refractivity contribution < 1.29 is 4.42 Å². The topological polar surface area (TPSA) is 28.4 Å². The van der Waals surface area contributed by atoms with Gasteiger partial charge in [0, 0.05) is 24.0 Å². The summed E-state index contributed by atoms with van der Waals surface area (Å²) in [5.41, 5.74) is 2.33. The monoisotopic (exact) mass is 286 g/mol. The van der Waals surface area contributed by atoms with Crippen molar-refractivity contribution in [1.29, 1.82) is 0 Å². The molecule has 0 bridgehead atoms. The molecule has 1 aliphatic rings. The van der Waals surface area contributed by atoms with Gasteiger partial charge in [-0.15, -0.1) is 0 Å². The summed E-state index contributed by atoms with van der Waals surface area (Å²) >= 11 is 0. The van der Waals surface area contributed by atoms with Crippen LogP contribution in [-0.2, 0) is 6.54 Å². The fourth-order valence-corrected chi connectivity index (χ4v) is 3.38. The highest BCUT2D eigenvalue weighted by molar-refractivity contribution is 5.80. The average molecular weight is 286 g/mol. The molecule has 3 nitrogen and oxygen atoms in total. The summed E-state index contributed by atoms with van der Waals surface area (Å²) in [4.78, 5) is 2.60. The molecule has 1 fully saturated rings. The van der Waals surface area contributed by atoms with E-state index in [-0.39, 0.29) is 0 Å². The van der Waals surface area contributed by atoms with E-state index in [1.165, 1.54) is 56.4 Å². The molecule has 1 aromatic heterocycles. The Morgan fingerprint density at radius 3 is 2.86 bits per heavy atom.